The van der Waals surface area contributed by atoms with Crippen molar-refractivity contribution >= 4 is 33.7 Å². The number of ether oxygens (including phenoxy) is 1. The van der Waals surface area contributed by atoms with E-state index in [-0.39, 0.29) is 23.2 Å². The van der Waals surface area contributed by atoms with Crippen LogP contribution in [0.4, 0.5) is 0 Å². The molecule has 3 aliphatic heterocycles. The lowest BCUT2D eigenvalue weighted by Gasteiger charge is -2.37. The summed E-state index contributed by atoms with van der Waals surface area (Å²) in [6.45, 7) is 4.93. The van der Waals surface area contributed by atoms with Crippen molar-refractivity contribution in [3.8, 4) is 0 Å². The summed E-state index contributed by atoms with van der Waals surface area (Å²) in [5, 5.41) is 19.0. The van der Waals surface area contributed by atoms with Gasteiger partial charge in [-0.3, -0.25) is 14.4 Å². The fourth-order valence-corrected chi connectivity index (χ4v) is 6.99. The summed E-state index contributed by atoms with van der Waals surface area (Å²) in [6.07, 6.45) is 4.39. The van der Waals surface area contributed by atoms with Gasteiger partial charge in [0.15, 0.2) is 0 Å². The number of hydrogen-bond acceptors (Lipinski definition) is 5. The Hall–Kier alpha value is -2.23. The topological polar surface area (TPSA) is 107 Å². The molecule has 0 aliphatic carbocycles. The van der Waals surface area contributed by atoms with Crippen LogP contribution in [0.1, 0.15) is 37.7 Å². The summed E-state index contributed by atoms with van der Waals surface area (Å²) in [4.78, 5) is 43.1. The van der Waals surface area contributed by atoms with Gasteiger partial charge >= 0.3 is 5.97 Å². The number of alkyl halides is 1. The number of rotatable bonds is 12. The zero-order valence-electron chi connectivity index (χ0n) is 19.7. The molecule has 8 nitrogen and oxygen atoms in total. The van der Waals surface area contributed by atoms with Crippen LogP contribution >= 0.6 is 15.9 Å². The van der Waals surface area contributed by atoms with E-state index in [1.165, 1.54) is 0 Å². The molecule has 3 fully saturated rings. The molecular weight excluding hydrogens is 516 g/mol. The number of amides is 2. The minimum absolute atomic E-state index is 0.118. The van der Waals surface area contributed by atoms with Gasteiger partial charge in [0.25, 0.3) is 0 Å². The fraction of sp³-hybridized carbons (Fsp3) is 0.577. The number of nitrogens with zero attached hydrogens (tertiary/aromatic N) is 2. The molecule has 9 heteroatoms. The number of hydrogen-bond donors (Lipinski definition) is 2. The second-order valence-electron chi connectivity index (χ2n) is 9.66. The van der Waals surface area contributed by atoms with Crippen LogP contribution in [0.15, 0.2) is 43.0 Å². The van der Waals surface area contributed by atoms with Gasteiger partial charge in [-0.15, -0.1) is 6.58 Å². The van der Waals surface area contributed by atoms with Crippen LogP contribution in [0.25, 0.3) is 0 Å². The summed E-state index contributed by atoms with van der Waals surface area (Å²) in [7, 11) is 0. The highest BCUT2D eigenvalue weighted by atomic mass is 79.9. The maximum Gasteiger partial charge on any atom is 0.310 e. The first-order chi connectivity index (χ1) is 16.9. The van der Waals surface area contributed by atoms with Gasteiger partial charge < -0.3 is 24.7 Å². The van der Waals surface area contributed by atoms with Crippen molar-refractivity contribution in [1.82, 2.24) is 9.80 Å². The van der Waals surface area contributed by atoms with Crippen molar-refractivity contribution in [2.45, 2.75) is 61.2 Å². The van der Waals surface area contributed by atoms with Gasteiger partial charge in [0.05, 0.1) is 17.9 Å². The minimum Gasteiger partial charge on any atom is -0.481 e. The second-order valence-corrected chi connectivity index (χ2v) is 10.8. The van der Waals surface area contributed by atoms with Gasteiger partial charge in [-0.05, 0) is 24.8 Å². The molecule has 1 spiro atoms. The summed E-state index contributed by atoms with van der Waals surface area (Å²) in [5.74, 6) is -3.49. The first-order valence-corrected chi connectivity index (χ1v) is 13.2. The molecule has 190 valence electrons. The zero-order chi connectivity index (χ0) is 25.2. The van der Waals surface area contributed by atoms with Gasteiger partial charge in [0, 0.05) is 31.1 Å². The van der Waals surface area contributed by atoms with Gasteiger partial charge in [0.2, 0.25) is 11.8 Å². The Morgan fingerprint density at radius 1 is 1.23 bits per heavy atom. The van der Waals surface area contributed by atoms with Gasteiger partial charge in [0.1, 0.15) is 11.6 Å². The standard InChI is InChI=1S/C26H33BrN2O6/c1-2-12-28(16-17-10-6-5-7-11-17)24(32)22-26-15-18(27)21(35-26)19(25(33)34)20(26)23(31)29(22)13-8-3-4-9-14-30/h2,5-7,10-11,18-22,30H,1,3-4,8-9,12-16H2,(H,33,34)/t18?,19-,20+,21-,22-,26+/m0/s1. The highest BCUT2D eigenvalue weighted by Gasteiger charge is 2.76. The molecule has 1 aromatic carbocycles. The van der Waals surface area contributed by atoms with E-state index in [2.05, 4.69) is 22.5 Å². The predicted octanol–water partition coefficient (Wildman–Crippen LogP) is 2.59. The van der Waals surface area contributed by atoms with E-state index in [1.807, 2.05) is 30.3 Å². The Kier molecular flexibility index (Phi) is 7.98. The summed E-state index contributed by atoms with van der Waals surface area (Å²) in [5.41, 5.74) is -0.216. The fourth-order valence-electron chi connectivity index (χ4n) is 6.04. The summed E-state index contributed by atoms with van der Waals surface area (Å²) < 4.78 is 6.33. The number of fused-ring (bicyclic) bond motifs is 1. The average molecular weight is 549 g/mol. The SMILES string of the molecule is C=CCN(Cc1ccccc1)C(=O)[C@@H]1N(CCCCCCO)C(=O)[C@H]2[C@H](C(=O)O)[C@H]3O[C@@]12CC3Br. The van der Waals surface area contributed by atoms with E-state index < -0.39 is 35.6 Å². The summed E-state index contributed by atoms with van der Waals surface area (Å²) >= 11 is 3.57. The van der Waals surface area contributed by atoms with E-state index >= 15 is 0 Å². The predicted molar refractivity (Wildman–Crippen MR) is 133 cm³/mol. The third-order valence-corrected chi connectivity index (χ3v) is 8.34. The quantitative estimate of drug-likeness (QED) is 0.236. The Labute approximate surface area is 214 Å². The van der Waals surface area contributed by atoms with Gasteiger partial charge in [-0.2, -0.15) is 0 Å². The molecule has 2 amide bonds. The highest BCUT2D eigenvalue weighted by molar-refractivity contribution is 9.09. The van der Waals surface area contributed by atoms with Crippen LogP contribution < -0.4 is 0 Å². The number of aliphatic carboxylic acids is 1. The third-order valence-electron chi connectivity index (χ3n) is 7.49. The molecule has 35 heavy (non-hydrogen) atoms. The van der Waals surface area contributed by atoms with E-state index in [1.54, 1.807) is 15.9 Å². The number of aliphatic hydroxyl groups is 1. The van der Waals surface area contributed by atoms with E-state index in [0.717, 1.165) is 18.4 Å². The Morgan fingerprint density at radius 2 is 1.94 bits per heavy atom. The number of carbonyl (C=O) groups excluding carboxylic acids is 2. The molecule has 3 heterocycles. The van der Waals surface area contributed by atoms with Crippen molar-refractivity contribution in [3.05, 3.63) is 48.6 Å². The zero-order valence-corrected chi connectivity index (χ0v) is 21.3. The average Bonchev–Trinajstić information content (AvgIpc) is 3.42. The van der Waals surface area contributed by atoms with E-state index in [0.29, 0.717) is 38.9 Å². The van der Waals surface area contributed by atoms with Crippen LogP contribution in [0.3, 0.4) is 0 Å². The monoisotopic (exact) mass is 548 g/mol. The van der Waals surface area contributed by atoms with Crippen LogP contribution in [-0.4, -0.2) is 80.1 Å². The van der Waals surface area contributed by atoms with Gasteiger partial charge in [-0.1, -0.05) is 65.2 Å². The largest absolute Gasteiger partial charge is 0.481 e. The van der Waals surface area contributed by atoms with Crippen molar-refractivity contribution in [1.29, 1.82) is 0 Å². The van der Waals surface area contributed by atoms with E-state index in [4.69, 9.17) is 9.84 Å². The molecular formula is C26H33BrN2O6. The van der Waals surface area contributed by atoms with Crippen molar-refractivity contribution in [3.63, 3.8) is 0 Å². The number of benzene rings is 1. The maximum absolute atomic E-state index is 14.1. The molecule has 2 bridgehead atoms. The Morgan fingerprint density at radius 3 is 2.60 bits per heavy atom. The molecule has 1 aromatic rings. The number of carboxylic acid groups (broad SMARTS) is 1. The first-order valence-electron chi connectivity index (χ1n) is 12.3. The number of likely N-dealkylation sites (tertiary alicyclic amines) is 1. The summed E-state index contributed by atoms with van der Waals surface area (Å²) in [6, 6.07) is 8.72. The Bertz CT molecular complexity index is 958. The molecule has 1 unspecified atom stereocenters. The molecule has 2 N–H and O–H groups in total. The minimum atomic E-state index is -1.17. The lowest BCUT2D eigenvalue weighted by Crippen LogP contribution is -2.56. The Balaban J connectivity index is 1.67. The normalized spacial score (nSPS) is 31.0. The molecule has 3 aliphatic rings. The maximum atomic E-state index is 14.1. The van der Waals surface area contributed by atoms with Crippen molar-refractivity contribution in [2.24, 2.45) is 11.8 Å². The molecule has 3 saturated heterocycles. The number of aliphatic hydroxyl groups excluding tert-OH is 1. The third kappa shape index (κ3) is 4.66. The van der Waals surface area contributed by atoms with Crippen LogP contribution in [0.5, 0.6) is 0 Å². The van der Waals surface area contributed by atoms with Gasteiger partial charge in [-0.25, -0.2) is 0 Å². The molecule has 0 saturated carbocycles. The molecule has 0 aromatic heterocycles. The highest BCUT2D eigenvalue weighted by Crippen LogP contribution is 2.60. The number of carboxylic acids is 1. The number of unbranched alkanes of at least 4 members (excludes halogenated alkanes) is 3. The van der Waals surface area contributed by atoms with E-state index in [9.17, 15) is 19.5 Å². The first kappa shape index (κ1) is 25.9. The van der Waals surface area contributed by atoms with Crippen molar-refractivity contribution < 1.29 is 29.3 Å². The molecule has 6 atom stereocenters. The van der Waals surface area contributed by atoms with Crippen LogP contribution in [-0.2, 0) is 25.7 Å². The van der Waals surface area contributed by atoms with Crippen LogP contribution in [0, 0.1) is 11.8 Å². The smallest absolute Gasteiger partial charge is 0.310 e. The second kappa shape index (κ2) is 10.8. The number of halogens is 1. The van der Waals surface area contributed by atoms with Crippen LogP contribution in [0.2, 0.25) is 0 Å². The lowest BCUT2D eigenvalue weighted by molar-refractivity contribution is -0.151. The lowest BCUT2D eigenvalue weighted by atomic mass is 9.70. The van der Waals surface area contributed by atoms with Crippen molar-refractivity contribution in [2.75, 3.05) is 19.7 Å². The molecule has 4 rings (SSSR count). The number of carbonyl (C=O) groups is 3. The molecule has 0 radical (unpaired) electrons.